The SMILES string of the molecule is CCc1cc(N2CCCC3(CCc4cn[nH]c43)C2)c2nncn2n1. The van der Waals surface area contributed by atoms with E-state index < -0.39 is 0 Å². The normalized spacial score (nSPS) is 23.3. The number of piperidine rings is 1. The van der Waals surface area contributed by atoms with Crippen LogP contribution in [0.4, 0.5) is 5.69 Å². The summed E-state index contributed by atoms with van der Waals surface area (Å²) in [5.41, 5.74) is 6.04. The van der Waals surface area contributed by atoms with Crippen molar-refractivity contribution in [2.75, 3.05) is 18.0 Å². The van der Waals surface area contributed by atoms with Crippen molar-refractivity contribution < 1.29 is 0 Å². The number of rotatable bonds is 2. The molecule has 7 heteroatoms. The summed E-state index contributed by atoms with van der Waals surface area (Å²) in [6.45, 7) is 4.20. The van der Waals surface area contributed by atoms with Gasteiger partial charge in [-0.2, -0.15) is 14.7 Å². The van der Waals surface area contributed by atoms with Gasteiger partial charge in [-0.15, -0.1) is 10.2 Å². The minimum absolute atomic E-state index is 0.205. The molecule has 0 saturated carbocycles. The number of aromatic amines is 1. The molecule has 124 valence electrons. The number of hydrogen-bond donors (Lipinski definition) is 1. The highest BCUT2D eigenvalue weighted by molar-refractivity contribution is 5.69. The minimum atomic E-state index is 0.205. The third-order valence-electron chi connectivity index (χ3n) is 5.70. The Hall–Kier alpha value is -2.44. The number of nitrogens with zero attached hydrogens (tertiary/aromatic N) is 6. The standard InChI is InChI=1S/C17H21N7/c1-2-13-8-14(16-21-19-11-24(16)22-13)23-7-3-5-17(10-23)6-4-12-9-18-20-15(12)17/h8-9,11H,2-7,10H2,1H3,(H,18,20). The van der Waals surface area contributed by atoms with Gasteiger partial charge in [-0.1, -0.05) is 6.92 Å². The highest BCUT2D eigenvalue weighted by atomic mass is 15.4. The second-order valence-corrected chi connectivity index (χ2v) is 7.05. The molecule has 3 aromatic heterocycles. The van der Waals surface area contributed by atoms with Gasteiger partial charge in [-0.25, -0.2) is 0 Å². The number of nitrogens with one attached hydrogen (secondary N) is 1. The van der Waals surface area contributed by atoms with Gasteiger partial charge in [0.1, 0.15) is 6.33 Å². The van der Waals surface area contributed by atoms with E-state index in [1.165, 1.54) is 30.5 Å². The van der Waals surface area contributed by atoms with Crippen molar-refractivity contribution in [3.05, 3.63) is 35.5 Å². The molecule has 5 rings (SSSR count). The van der Waals surface area contributed by atoms with E-state index in [1.54, 1.807) is 6.33 Å². The summed E-state index contributed by atoms with van der Waals surface area (Å²) in [6.07, 6.45) is 9.36. The Morgan fingerprint density at radius 1 is 1.33 bits per heavy atom. The van der Waals surface area contributed by atoms with Crippen LogP contribution < -0.4 is 4.90 Å². The molecular formula is C17H21N7. The van der Waals surface area contributed by atoms with E-state index in [4.69, 9.17) is 0 Å². The quantitative estimate of drug-likeness (QED) is 0.779. The summed E-state index contributed by atoms with van der Waals surface area (Å²) in [5.74, 6) is 0. The Labute approximate surface area is 140 Å². The smallest absolute Gasteiger partial charge is 0.200 e. The number of aromatic nitrogens is 6. The van der Waals surface area contributed by atoms with Crippen molar-refractivity contribution in [3.63, 3.8) is 0 Å². The lowest BCUT2D eigenvalue weighted by molar-refractivity contribution is 0.333. The van der Waals surface area contributed by atoms with E-state index >= 15 is 0 Å². The Kier molecular flexibility index (Phi) is 2.92. The van der Waals surface area contributed by atoms with Crippen LogP contribution in [0.25, 0.3) is 5.65 Å². The zero-order chi connectivity index (χ0) is 16.1. The predicted molar refractivity (Wildman–Crippen MR) is 90.2 cm³/mol. The van der Waals surface area contributed by atoms with E-state index in [0.29, 0.717) is 0 Å². The van der Waals surface area contributed by atoms with Crippen LogP contribution in [0.2, 0.25) is 0 Å². The first-order chi connectivity index (χ1) is 11.8. The first kappa shape index (κ1) is 13.9. The second kappa shape index (κ2) is 5.03. The molecule has 24 heavy (non-hydrogen) atoms. The molecule has 1 unspecified atom stereocenters. The van der Waals surface area contributed by atoms with Crippen LogP contribution in [0.1, 0.15) is 43.1 Å². The van der Waals surface area contributed by atoms with Gasteiger partial charge in [0.2, 0.25) is 5.65 Å². The van der Waals surface area contributed by atoms with Gasteiger partial charge >= 0.3 is 0 Å². The van der Waals surface area contributed by atoms with Crippen molar-refractivity contribution in [2.24, 2.45) is 0 Å². The molecule has 3 aromatic rings. The first-order valence-corrected chi connectivity index (χ1v) is 8.77. The molecule has 0 radical (unpaired) electrons. The predicted octanol–water partition coefficient (Wildman–Crippen LogP) is 1.89. The zero-order valence-corrected chi connectivity index (χ0v) is 13.9. The fourth-order valence-electron chi connectivity index (χ4n) is 4.47. The van der Waals surface area contributed by atoms with Crippen molar-refractivity contribution >= 4 is 11.3 Å². The van der Waals surface area contributed by atoms with Crippen LogP contribution in [-0.2, 0) is 18.3 Å². The number of H-pyrrole nitrogens is 1. The Morgan fingerprint density at radius 2 is 2.29 bits per heavy atom. The first-order valence-electron chi connectivity index (χ1n) is 8.77. The van der Waals surface area contributed by atoms with Crippen LogP contribution in [0, 0.1) is 0 Å². The van der Waals surface area contributed by atoms with Crippen LogP contribution in [0.5, 0.6) is 0 Å². The molecule has 1 N–H and O–H groups in total. The molecular weight excluding hydrogens is 302 g/mol. The average molecular weight is 323 g/mol. The lowest BCUT2D eigenvalue weighted by Gasteiger charge is -2.41. The lowest BCUT2D eigenvalue weighted by Crippen LogP contribution is -2.45. The number of fused-ring (bicyclic) bond motifs is 3. The fourth-order valence-corrected chi connectivity index (χ4v) is 4.47. The van der Waals surface area contributed by atoms with E-state index in [-0.39, 0.29) is 5.41 Å². The molecule has 1 fully saturated rings. The summed E-state index contributed by atoms with van der Waals surface area (Å²) in [6, 6.07) is 2.19. The highest BCUT2D eigenvalue weighted by Crippen LogP contribution is 2.45. The van der Waals surface area contributed by atoms with Gasteiger partial charge < -0.3 is 4.90 Å². The van der Waals surface area contributed by atoms with Gasteiger partial charge in [0.15, 0.2) is 0 Å². The molecule has 1 spiro atoms. The molecule has 1 aliphatic heterocycles. The molecule has 1 saturated heterocycles. The molecule has 0 bridgehead atoms. The van der Waals surface area contributed by atoms with Crippen LogP contribution in [-0.4, -0.2) is 43.1 Å². The maximum Gasteiger partial charge on any atom is 0.200 e. The largest absolute Gasteiger partial charge is 0.367 e. The van der Waals surface area contributed by atoms with Gasteiger partial charge in [0, 0.05) is 24.2 Å². The fraction of sp³-hybridized carbons (Fsp3) is 0.529. The summed E-state index contributed by atoms with van der Waals surface area (Å²) >= 11 is 0. The Balaban J connectivity index is 1.57. The molecule has 0 amide bonds. The van der Waals surface area contributed by atoms with Gasteiger partial charge in [0.05, 0.1) is 17.6 Å². The van der Waals surface area contributed by atoms with Crippen LogP contribution in [0.15, 0.2) is 18.6 Å². The topological polar surface area (TPSA) is 75.0 Å². The molecule has 1 aliphatic carbocycles. The number of hydrogen-bond acceptors (Lipinski definition) is 5. The molecule has 0 aromatic carbocycles. The summed E-state index contributed by atoms with van der Waals surface area (Å²) in [7, 11) is 0. The van der Waals surface area contributed by atoms with Gasteiger partial charge in [0.25, 0.3) is 0 Å². The summed E-state index contributed by atoms with van der Waals surface area (Å²) < 4.78 is 1.81. The monoisotopic (exact) mass is 323 g/mol. The molecule has 1 atom stereocenters. The van der Waals surface area contributed by atoms with Crippen LogP contribution in [0.3, 0.4) is 0 Å². The van der Waals surface area contributed by atoms with E-state index in [2.05, 4.69) is 43.4 Å². The highest BCUT2D eigenvalue weighted by Gasteiger charge is 2.44. The third-order valence-corrected chi connectivity index (χ3v) is 5.70. The Morgan fingerprint density at radius 3 is 3.21 bits per heavy atom. The van der Waals surface area contributed by atoms with Crippen molar-refractivity contribution in [3.8, 4) is 0 Å². The molecule has 4 heterocycles. The Bertz CT molecular complexity index is 895. The van der Waals surface area contributed by atoms with E-state index in [1.807, 2.05) is 10.7 Å². The molecule has 2 aliphatic rings. The van der Waals surface area contributed by atoms with Crippen molar-refractivity contribution in [2.45, 2.75) is 44.4 Å². The van der Waals surface area contributed by atoms with Gasteiger partial charge in [-0.3, -0.25) is 5.10 Å². The number of anilines is 1. The zero-order valence-electron chi connectivity index (χ0n) is 13.9. The third kappa shape index (κ3) is 1.90. The maximum absolute atomic E-state index is 4.57. The maximum atomic E-state index is 4.57. The average Bonchev–Trinajstić information content (AvgIpc) is 3.33. The van der Waals surface area contributed by atoms with Crippen molar-refractivity contribution in [1.29, 1.82) is 0 Å². The lowest BCUT2D eigenvalue weighted by atomic mass is 9.77. The summed E-state index contributed by atoms with van der Waals surface area (Å²) in [4.78, 5) is 2.48. The van der Waals surface area contributed by atoms with Crippen LogP contribution >= 0.6 is 0 Å². The van der Waals surface area contributed by atoms with E-state index in [0.717, 1.165) is 43.0 Å². The van der Waals surface area contributed by atoms with Gasteiger partial charge in [-0.05, 0) is 43.7 Å². The van der Waals surface area contributed by atoms with Crippen molar-refractivity contribution in [1.82, 2.24) is 30.0 Å². The summed E-state index contributed by atoms with van der Waals surface area (Å²) in [5, 5.41) is 20.5. The van der Waals surface area contributed by atoms with E-state index in [9.17, 15) is 0 Å². The second-order valence-electron chi connectivity index (χ2n) is 7.05. The molecule has 7 nitrogen and oxygen atoms in total. The number of aryl methyl sites for hydroxylation is 2. The minimum Gasteiger partial charge on any atom is -0.367 e.